The Morgan fingerprint density at radius 2 is 2.20 bits per heavy atom. The molecule has 4 rings (SSSR count). The van der Waals surface area contributed by atoms with Crippen LogP contribution in [0.3, 0.4) is 0 Å². The van der Waals surface area contributed by atoms with E-state index in [9.17, 15) is 9.18 Å². The van der Waals surface area contributed by atoms with Crippen LogP contribution in [0, 0.1) is 11.2 Å². The van der Waals surface area contributed by atoms with Gasteiger partial charge in [-0.15, -0.1) is 11.8 Å². The lowest BCUT2D eigenvalue weighted by atomic mass is 9.96. The van der Waals surface area contributed by atoms with Gasteiger partial charge in [-0.2, -0.15) is 5.10 Å². The van der Waals surface area contributed by atoms with Crippen molar-refractivity contribution in [3.05, 3.63) is 65.2 Å². The second kappa shape index (κ2) is 8.27. The molecule has 0 fully saturated rings. The van der Waals surface area contributed by atoms with Crippen molar-refractivity contribution >= 4 is 29.3 Å². The summed E-state index contributed by atoms with van der Waals surface area (Å²) in [5.74, 6) is 0.690. The van der Waals surface area contributed by atoms with E-state index < -0.39 is 5.82 Å². The van der Waals surface area contributed by atoms with Gasteiger partial charge in [0.25, 0.3) is 5.91 Å². The summed E-state index contributed by atoms with van der Waals surface area (Å²) < 4.78 is 14.6. The Morgan fingerprint density at radius 1 is 1.33 bits per heavy atom. The summed E-state index contributed by atoms with van der Waals surface area (Å²) in [4.78, 5) is 21.6. The molecule has 3 N–H and O–H groups in total. The van der Waals surface area contributed by atoms with Gasteiger partial charge in [0.05, 0.1) is 22.5 Å². The number of aromatic nitrogens is 4. The lowest BCUT2D eigenvalue weighted by Crippen LogP contribution is -2.23. The van der Waals surface area contributed by atoms with Crippen LogP contribution in [0.4, 0.5) is 16.0 Å². The van der Waals surface area contributed by atoms with Crippen LogP contribution in [-0.2, 0) is 11.3 Å². The van der Waals surface area contributed by atoms with Crippen LogP contribution in [0.1, 0.15) is 19.4 Å². The average Bonchev–Trinajstić information content (AvgIpc) is 3.36. The first-order chi connectivity index (χ1) is 14.4. The highest BCUT2D eigenvalue weighted by molar-refractivity contribution is 8.04. The largest absolute Gasteiger partial charge is 0.347 e. The summed E-state index contributed by atoms with van der Waals surface area (Å²) >= 11 is 1.53. The molecule has 0 radical (unpaired) electrons. The van der Waals surface area contributed by atoms with Crippen molar-refractivity contribution in [2.75, 3.05) is 11.1 Å². The highest BCUT2D eigenvalue weighted by Crippen LogP contribution is 2.37. The van der Waals surface area contributed by atoms with E-state index >= 15 is 0 Å². The molecule has 1 aromatic carbocycles. The Balaban J connectivity index is 1.44. The third-order valence-electron chi connectivity index (χ3n) is 4.54. The zero-order valence-electron chi connectivity index (χ0n) is 16.6. The highest BCUT2D eigenvalue weighted by atomic mass is 32.2. The van der Waals surface area contributed by atoms with Crippen LogP contribution in [-0.4, -0.2) is 31.8 Å². The van der Waals surface area contributed by atoms with Gasteiger partial charge in [-0.1, -0.05) is 32.1 Å². The van der Waals surface area contributed by atoms with Crippen LogP contribution in [0.15, 0.2) is 53.8 Å². The molecule has 9 heteroatoms. The minimum absolute atomic E-state index is 0.00705. The number of allylic oxidation sites excluding steroid dienone is 1. The van der Waals surface area contributed by atoms with E-state index in [1.807, 2.05) is 6.08 Å². The molecule has 0 unspecified atom stereocenters. The molecular weight excluding hydrogens is 403 g/mol. The number of carbonyl (C=O) groups excluding carboxylic acids is 1. The number of amides is 1. The molecule has 1 aliphatic heterocycles. The topological polar surface area (TPSA) is 95.6 Å². The first kappa shape index (κ1) is 20.1. The Hall–Kier alpha value is -3.20. The van der Waals surface area contributed by atoms with E-state index in [0.717, 1.165) is 11.4 Å². The van der Waals surface area contributed by atoms with Crippen molar-refractivity contribution in [2.45, 2.75) is 20.4 Å². The summed E-state index contributed by atoms with van der Waals surface area (Å²) in [5.41, 5.74) is 2.35. The Bertz CT molecular complexity index is 1100. The van der Waals surface area contributed by atoms with E-state index in [0.29, 0.717) is 27.7 Å². The van der Waals surface area contributed by atoms with Gasteiger partial charge in [0.15, 0.2) is 0 Å². The van der Waals surface area contributed by atoms with E-state index in [4.69, 9.17) is 0 Å². The lowest BCUT2D eigenvalue weighted by Gasteiger charge is -2.10. The summed E-state index contributed by atoms with van der Waals surface area (Å²) in [7, 11) is 0. The predicted molar refractivity (Wildman–Crippen MR) is 115 cm³/mol. The minimum Gasteiger partial charge on any atom is -0.347 e. The molecule has 0 bridgehead atoms. The number of nitrogens with one attached hydrogen (secondary N) is 3. The number of aromatic amines is 1. The van der Waals surface area contributed by atoms with Crippen molar-refractivity contribution < 1.29 is 9.18 Å². The molecule has 7 nitrogen and oxygen atoms in total. The van der Waals surface area contributed by atoms with Crippen LogP contribution in [0.5, 0.6) is 0 Å². The Morgan fingerprint density at radius 3 is 2.90 bits per heavy atom. The normalized spacial score (nSPS) is 15.0. The van der Waals surface area contributed by atoms with Crippen molar-refractivity contribution in [2.24, 2.45) is 5.41 Å². The van der Waals surface area contributed by atoms with Gasteiger partial charge in [0.1, 0.15) is 5.82 Å². The monoisotopic (exact) mass is 424 g/mol. The number of hydrogen-bond donors (Lipinski definition) is 3. The first-order valence-corrected chi connectivity index (χ1v) is 10.4. The van der Waals surface area contributed by atoms with Gasteiger partial charge < -0.3 is 10.6 Å². The Kier molecular flexibility index (Phi) is 5.54. The minimum atomic E-state index is -0.399. The van der Waals surface area contributed by atoms with E-state index in [1.165, 1.54) is 17.8 Å². The molecule has 3 heterocycles. The summed E-state index contributed by atoms with van der Waals surface area (Å²) in [6.07, 6.45) is 6.86. The van der Waals surface area contributed by atoms with Crippen molar-refractivity contribution in [1.82, 2.24) is 25.5 Å². The molecular formula is C21H21FN6OS. The SMILES string of the molecule is CC1(C)C=C(C(=O)NCc2ccc(-c3ccnc(Nc4cn[nH]c4)n3)cc2F)SC1. The zero-order chi connectivity index (χ0) is 21.1. The third kappa shape index (κ3) is 4.68. The third-order valence-corrected chi connectivity index (χ3v) is 6.05. The van der Waals surface area contributed by atoms with Crippen molar-refractivity contribution in [1.29, 1.82) is 0 Å². The number of rotatable bonds is 6. The lowest BCUT2D eigenvalue weighted by molar-refractivity contribution is -0.117. The fourth-order valence-electron chi connectivity index (χ4n) is 2.97. The van der Waals surface area contributed by atoms with Gasteiger partial charge in [-0.25, -0.2) is 14.4 Å². The maximum Gasteiger partial charge on any atom is 0.257 e. The molecule has 154 valence electrons. The molecule has 30 heavy (non-hydrogen) atoms. The van der Waals surface area contributed by atoms with E-state index in [1.54, 1.807) is 36.8 Å². The van der Waals surface area contributed by atoms with Gasteiger partial charge in [-0.3, -0.25) is 9.89 Å². The predicted octanol–water partition coefficient (Wildman–Crippen LogP) is 4.02. The second-order valence-electron chi connectivity index (χ2n) is 7.65. The summed E-state index contributed by atoms with van der Waals surface area (Å²) in [6.45, 7) is 4.30. The summed E-state index contributed by atoms with van der Waals surface area (Å²) in [6, 6.07) is 6.57. The number of carbonyl (C=O) groups is 1. The number of benzene rings is 1. The second-order valence-corrected chi connectivity index (χ2v) is 8.67. The van der Waals surface area contributed by atoms with Crippen molar-refractivity contribution in [3.63, 3.8) is 0 Å². The number of thioether (sulfide) groups is 1. The number of H-pyrrole nitrogens is 1. The molecule has 3 aromatic rings. The van der Waals surface area contributed by atoms with E-state index in [2.05, 4.69) is 44.6 Å². The van der Waals surface area contributed by atoms with Crippen LogP contribution in [0.2, 0.25) is 0 Å². The molecule has 0 saturated heterocycles. The maximum atomic E-state index is 14.6. The van der Waals surface area contributed by atoms with Crippen LogP contribution in [0.25, 0.3) is 11.3 Å². The van der Waals surface area contributed by atoms with Gasteiger partial charge in [0.2, 0.25) is 5.95 Å². The number of anilines is 2. The average molecular weight is 425 g/mol. The van der Waals surface area contributed by atoms with E-state index in [-0.39, 0.29) is 17.9 Å². The molecule has 0 atom stereocenters. The smallest absolute Gasteiger partial charge is 0.257 e. The highest BCUT2D eigenvalue weighted by Gasteiger charge is 2.27. The molecule has 1 aliphatic rings. The quantitative estimate of drug-likeness (QED) is 0.553. The number of halogens is 1. The summed E-state index contributed by atoms with van der Waals surface area (Å²) in [5, 5.41) is 12.4. The molecule has 2 aromatic heterocycles. The fraction of sp³-hybridized carbons (Fsp3) is 0.238. The molecule has 0 spiro atoms. The number of nitrogens with zero attached hydrogens (tertiary/aromatic N) is 3. The molecule has 1 amide bonds. The first-order valence-electron chi connectivity index (χ1n) is 9.41. The standard InChI is InChI=1S/C21H21FN6OS/c1-21(2)8-18(30-12-21)19(29)24-9-14-4-3-13(7-16(14)22)17-5-6-23-20(28-17)27-15-10-25-26-11-15/h3-8,10-11H,9,12H2,1-2H3,(H,24,29)(H,25,26)(H,23,27,28). The zero-order valence-corrected chi connectivity index (χ0v) is 17.4. The fourth-order valence-corrected chi connectivity index (χ4v) is 4.19. The van der Waals surface area contributed by atoms with Crippen LogP contribution < -0.4 is 10.6 Å². The molecule has 0 aliphatic carbocycles. The number of hydrogen-bond acceptors (Lipinski definition) is 6. The molecule has 0 saturated carbocycles. The maximum absolute atomic E-state index is 14.6. The van der Waals surface area contributed by atoms with Gasteiger partial charge >= 0.3 is 0 Å². The van der Waals surface area contributed by atoms with Crippen LogP contribution >= 0.6 is 11.8 Å². The van der Waals surface area contributed by atoms with Crippen molar-refractivity contribution in [3.8, 4) is 11.3 Å². The Labute approximate surface area is 177 Å². The van der Waals surface area contributed by atoms with Gasteiger partial charge in [0, 0.05) is 35.8 Å². The van der Waals surface area contributed by atoms with Gasteiger partial charge in [-0.05, 0) is 17.5 Å².